The van der Waals surface area contributed by atoms with E-state index in [1.807, 2.05) is 64.1 Å². The Labute approximate surface area is 165 Å². The lowest BCUT2D eigenvalue weighted by molar-refractivity contribution is -0.116. The first kappa shape index (κ1) is 19.5. The summed E-state index contributed by atoms with van der Waals surface area (Å²) in [5.41, 5.74) is 6.07. The van der Waals surface area contributed by atoms with Crippen LogP contribution in [0, 0.1) is 27.7 Å². The molecular formula is C23H25N3O2. The molecule has 0 fully saturated rings. The molecule has 28 heavy (non-hydrogen) atoms. The molecule has 1 aromatic heterocycles. The Morgan fingerprint density at radius 1 is 1.04 bits per heavy atom. The molecule has 0 aliphatic heterocycles. The summed E-state index contributed by atoms with van der Waals surface area (Å²) in [6.45, 7) is 7.78. The van der Waals surface area contributed by atoms with Crippen molar-refractivity contribution in [1.82, 2.24) is 9.88 Å². The minimum Gasteiger partial charge on any atom is -0.332 e. The van der Waals surface area contributed by atoms with Gasteiger partial charge in [0.2, 0.25) is 5.91 Å². The summed E-state index contributed by atoms with van der Waals surface area (Å²) in [4.78, 5) is 31.5. The molecule has 5 nitrogen and oxygen atoms in total. The first-order valence-electron chi connectivity index (χ1n) is 9.26. The van der Waals surface area contributed by atoms with Gasteiger partial charge in [-0.3, -0.25) is 14.6 Å². The number of aromatic nitrogens is 1. The highest BCUT2D eigenvalue weighted by Crippen LogP contribution is 2.22. The summed E-state index contributed by atoms with van der Waals surface area (Å²) in [5.74, 6) is -0.423. The normalized spacial score (nSPS) is 10.8. The Morgan fingerprint density at radius 2 is 1.79 bits per heavy atom. The Morgan fingerprint density at radius 3 is 2.54 bits per heavy atom. The zero-order valence-electron chi connectivity index (χ0n) is 17.0. The molecule has 0 saturated heterocycles. The first-order chi connectivity index (χ1) is 13.3. The van der Waals surface area contributed by atoms with E-state index in [4.69, 9.17) is 0 Å². The van der Waals surface area contributed by atoms with E-state index in [2.05, 4.69) is 10.3 Å². The van der Waals surface area contributed by atoms with E-state index in [0.29, 0.717) is 5.56 Å². The van der Waals surface area contributed by atoms with Crippen molar-refractivity contribution < 1.29 is 9.59 Å². The SMILES string of the molecule is Cc1ccc2nc(C)cc(C(=O)N(C)CC(=O)Nc3cccc(C)c3C)c2c1. The van der Waals surface area contributed by atoms with Crippen molar-refractivity contribution in [2.45, 2.75) is 27.7 Å². The minimum absolute atomic E-state index is 0.0269. The lowest BCUT2D eigenvalue weighted by Crippen LogP contribution is -2.35. The highest BCUT2D eigenvalue weighted by atomic mass is 16.2. The molecule has 144 valence electrons. The fourth-order valence-electron chi connectivity index (χ4n) is 3.22. The van der Waals surface area contributed by atoms with E-state index in [0.717, 1.165) is 39.0 Å². The summed E-state index contributed by atoms with van der Waals surface area (Å²) in [6.07, 6.45) is 0. The van der Waals surface area contributed by atoms with Gasteiger partial charge < -0.3 is 10.2 Å². The zero-order valence-corrected chi connectivity index (χ0v) is 17.0. The van der Waals surface area contributed by atoms with Crippen LogP contribution in [0.15, 0.2) is 42.5 Å². The van der Waals surface area contributed by atoms with Gasteiger partial charge in [-0.25, -0.2) is 0 Å². The van der Waals surface area contributed by atoms with Crippen LogP contribution < -0.4 is 5.32 Å². The van der Waals surface area contributed by atoms with Gasteiger partial charge in [0.15, 0.2) is 0 Å². The van der Waals surface area contributed by atoms with E-state index >= 15 is 0 Å². The molecule has 0 bridgehead atoms. The summed E-state index contributed by atoms with van der Waals surface area (Å²) >= 11 is 0. The average molecular weight is 375 g/mol. The molecule has 0 aliphatic carbocycles. The summed E-state index contributed by atoms with van der Waals surface area (Å²) in [6, 6.07) is 13.4. The number of nitrogens with zero attached hydrogens (tertiary/aromatic N) is 2. The molecule has 0 spiro atoms. The number of carbonyl (C=O) groups is 2. The van der Waals surface area contributed by atoms with Gasteiger partial charge in [-0.2, -0.15) is 0 Å². The molecular weight excluding hydrogens is 350 g/mol. The molecule has 2 amide bonds. The topological polar surface area (TPSA) is 62.3 Å². The van der Waals surface area contributed by atoms with Crippen molar-refractivity contribution in [2.75, 3.05) is 18.9 Å². The van der Waals surface area contributed by atoms with Crippen LogP contribution in [0.4, 0.5) is 5.69 Å². The van der Waals surface area contributed by atoms with E-state index in [1.54, 1.807) is 13.1 Å². The van der Waals surface area contributed by atoms with Crippen molar-refractivity contribution in [3.05, 3.63) is 70.4 Å². The van der Waals surface area contributed by atoms with Crippen LogP contribution in [0.3, 0.4) is 0 Å². The molecule has 1 N–H and O–H groups in total. The number of aryl methyl sites for hydroxylation is 3. The molecule has 0 atom stereocenters. The van der Waals surface area contributed by atoms with Gasteiger partial charge in [-0.05, 0) is 63.1 Å². The standard InChI is InChI=1S/C23H25N3O2/c1-14-9-10-21-18(11-14)19(12-16(3)24-21)23(28)26(5)13-22(27)25-20-8-6-7-15(2)17(20)4/h6-12H,13H2,1-5H3,(H,25,27). The molecule has 0 radical (unpaired) electrons. The number of likely N-dealkylation sites (N-methyl/N-ethyl adjacent to an activating group) is 1. The number of pyridine rings is 1. The largest absolute Gasteiger partial charge is 0.332 e. The van der Waals surface area contributed by atoms with Gasteiger partial charge >= 0.3 is 0 Å². The van der Waals surface area contributed by atoms with Crippen LogP contribution in [-0.4, -0.2) is 35.3 Å². The molecule has 2 aromatic carbocycles. The fraction of sp³-hybridized carbons (Fsp3) is 0.261. The maximum Gasteiger partial charge on any atom is 0.254 e. The van der Waals surface area contributed by atoms with Crippen LogP contribution in [0.25, 0.3) is 10.9 Å². The number of anilines is 1. The zero-order chi connectivity index (χ0) is 20.4. The number of fused-ring (bicyclic) bond motifs is 1. The molecule has 3 rings (SSSR count). The quantitative estimate of drug-likeness (QED) is 0.744. The predicted molar refractivity (Wildman–Crippen MR) is 113 cm³/mol. The van der Waals surface area contributed by atoms with Crippen LogP contribution in [0.2, 0.25) is 0 Å². The van der Waals surface area contributed by atoms with Crippen molar-refractivity contribution in [3.63, 3.8) is 0 Å². The number of benzene rings is 2. The van der Waals surface area contributed by atoms with Gasteiger partial charge in [0.25, 0.3) is 5.91 Å². The molecule has 3 aromatic rings. The third kappa shape index (κ3) is 4.03. The lowest BCUT2D eigenvalue weighted by atomic mass is 10.0. The summed E-state index contributed by atoms with van der Waals surface area (Å²) in [5, 5.41) is 3.70. The smallest absolute Gasteiger partial charge is 0.254 e. The van der Waals surface area contributed by atoms with Crippen molar-refractivity contribution in [3.8, 4) is 0 Å². The minimum atomic E-state index is -0.226. The number of hydrogen-bond acceptors (Lipinski definition) is 3. The van der Waals surface area contributed by atoms with Crippen LogP contribution in [0.5, 0.6) is 0 Å². The molecule has 5 heteroatoms. The van der Waals surface area contributed by atoms with Crippen molar-refractivity contribution in [2.24, 2.45) is 0 Å². The summed E-state index contributed by atoms with van der Waals surface area (Å²) < 4.78 is 0. The Kier molecular flexibility index (Phi) is 5.45. The summed E-state index contributed by atoms with van der Waals surface area (Å²) in [7, 11) is 1.64. The maximum absolute atomic E-state index is 13.0. The Hall–Kier alpha value is -3.21. The van der Waals surface area contributed by atoms with Gasteiger partial charge in [0, 0.05) is 23.8 Å². The number of amides is 2. The predicted octanol–water partition coefficient (Wildman–Crippen LogP) is 4.18. The number of rotatable bonds is 4. The number of hydrogen-bond donors (Lipinski definition) is 1. The van der Waals surface area contributed by atoms with Crippen molar-refractivity contribution >= 4 is 28.4 Å². The monoisotopic (exact) mass is 375 g/mol. The Balaban J connectivity index is 1.81. The van der Waals surface area contributed by atoms with Gasteiger partial charge in [-0.1, -0.05) is 23.8 Å². The van der Waals surface area contributed by atoms with E-state index in [-0.39, 0.29) is 18.4 Å². The first-order valence-corrected chi connectivity index (χ1v) is 9.26. The van der Waals surface area contributed by atoms with Gasteiger partial charge in [0.05, 0.1) is 17.6 Å². The molecule has 1 heterocycles. The number of nitrogens with one attached hydrogen (secondary N) is 1. The maximum atomic E-state index is 13.0. The molecule has 0 saturated carbocycles. The third-order valence-electron chi connectivity index (χ3n) is 4.93. The van der Waals surface area contributed by atoms with Crippen LogP contribution >= 0.6 is 0 Å². The fourth-order valence-corrected chi connectivity index (χ4v) is 3.22. The molecule has 0 unspecified atom stereocenters. The lowest BCUT2D eigenvalue weighted by Gasteiger charge is -2.19. The average Bonchev–Trinajstić information content (AvgIpc) is 2.64. The van der Waals surface area contributed by atoms with Crippen LogP contribution in [-0.2, 0) is 4.79 Å². The van der Waals surface area contributed by atoms with Crippen LogP contribution in [0.1, 0.15) is 32.7 Å². The highest BCUT2D eigenvalue weighted by molar-refractivity contribution is 6.07. The van der Waals surface area contributed by atoms with Crippen molar-refractivity contribution in [1.29, 1.82) is 0 Å². The highest BCUT2D eigenvalue weighted by Gasteiger charge is 2.19. The third-order valence-corrected chi connectivity index (χ3v) is 4.93. The van der Waals surface area contributed by atoms with Gasteiger partial charge in [0.1, 0.15) is 0 Å². The second-order valence-electron chi connectivity index (χ2n) is 7.29. The number of carbonyl (C=O) groups excluding carboxylic acids is 2. The van der Waals surface area contributed by atoms with E-state index in [1.165, 1.54) is 4.90 Å². The second kappa shape index (κ2) is 7.80. The Bertz CT molecular complexity index is 1070. The van der Waals surface area contributed by atoms with E-state index in [9.17, 15) is 9.59 Å². The second-order valence-corrected chi connectivity index (χ2v) is 7.29. The van der Waals surface area contributed by atoms with Gasteiger partial charge in [-0.15, -0.1) is 0 Å². The molecule has 0 aliphatic rings. The van der Waals surface area contributed by atoms with E-state index < -0.39 is 0 Å².